The predicted molar refractivity (Wildman–Crippen MR) is 78.2 cm³/mol. The fourth-order valence-corrected chi connectivity index (χ4v) is 2.18. The van der Waals surface area contributed by atoms with Gasteiger partial charge in [-0.2, -0.15) is 0 Å². The SMILES string of the molecule is Cc1ccc(C)c(C(=O)C(C)(N)c2ccccc2)c1. The largest absolute Gasteiger partial charge is 0.315 e. The van der Waals surface area contributed by atoms with Crippen LogP contribution in [0.5, 0.6) is 0 Å². The quantitative estimate of drug-likeness (QED) is 0.852. The Balaban J connectivity index is 2.46. The molecule has 0 spiro atoms. The molecule has 0 saturated heterocycles. The molecule has 0 bridgehead atoms. The fourth-order valence-electron chi connectivity index (χ4n) is 2.18. The third-order valence-corrected chi connectivity index (χ3v) is 3.48. The third kappa shape index (κ3) is 2.59. The van der Waals surface area contributed by atoms with Gasteiger partial charge in [-0.15, -0.1) is 0 Å². The van der Waals surface area contributed by atoms with Gasteiger partial charge in [-0.05, 0) is 38.0 Å². The summed E-state index contributed by atoms with van der Waals surface area (Å²) in [6.07, 6.45) is 0. The number of carbonyl (C=O) groups excluding carboxylic acids is 1. The summed E-state index contributed by atoms with van der Waals surface area (Å²) in [4.78, 5) is 12.7. The minimum absolute atomic E-state index is 0.0418. The standard InChI is InChI=1S/C17H19NO/c1-12-9-10-13(2)15(11-12)16(19)17(3,18)14-7-5-4-6-8-14/h4-11H,18H2,1-3H3. The number of hydrogen-bond donors (Lipinski definition) is 1. The molecular formula is C17H19NO. The fraction of sp³-hybridized carbons (Fsp3) is 0.235. The third-order valence-electron chi connectivity index (χ3n) is 3.48. The monoisotopic (exact) mass is 253 g/mol. The number of rotatable bonds is 3. The number of ketones is 1. The van der Waals surface area contributed by atoms with Gasteiger partial charge in [0.1, 0.15) is 5.54 Å². The molecule has 0 radical (unpaired) electrons. The van der Waals surface area contributed by atoms with Crippen LogP contribution < -0.4 is 5.73 Å². The molecule has 0 aliphatic heterocycles. The van der Waals surface area contributed by atoms with Crippen molar-refractivity contribution in [2.24, 2.45) is 5.73 Å². The summed E-state index contributed by atoms with van der Waals surface area (Å²) in [5.41, 5.74) is 8.85. The first-order valence-electron chi connectivity index (χ1n) is 6.39. The number of Topliss-reactive ketones (excluding diaryl/α,β-unsaturated/α-hetero) is 1. The van der Waals surface area contributed by atoms with E-state index in [0.29, 0.717) is 5.56 Å². The van der Waals surface area contributed by atoms with Gasteiger partial charge in [0.15, 0.2) is 5.78 Å². The van der Waals surface area contributed by atoms with Gasteiger partial charge in [-0.3, -0.25) is 4.79 Å². The molecule has 2 heteroatoms. The normalized spacial score (nSPS) is 13.9. The molecule has 98 valence electrons. The molecule has 2 nitrogen and oxygen atoms in total. The van der Waals surface area contributed by atoms with Crippen LogP contribution in [0.25, 0.3) is 0 Å². The summed E-state index contributed by atoms with van der Waals surface area (Å²) in [7, 11) is 0. The van der Waals surface area contributed by atoms with Crippen LogP contribution in [0.2, 0.25) is 0 Å². The van der Waals surface area contributed by atoms with E-state index in [0.717, 1.165) is 16.7 Å². The molecule has 2 aromatic carbocycles. The molecule has 0 aromatic heterocycles. The molecule has 0 aliphatic carbocycles. The van der Waals surface area contributed by atoms with Gasteiger partial charge in [-0.25, -0.2) is 0 Å². The van der Waals surface area contributed by atoms with Crippen molar-refractivity contribution in [1.29, 1.82) is 0 Å². The molecule has 1 atom stereocenters. The Labute approximate surface area is 114 Å². The van der Waals surface area contributed by atoms with E-state index in [2.05, 4.69) is 0 Å². The van der Waals surface area contributed by atoms with Gasteiger partial charge >= 0.3 is 0 Å². The second-order valence-corrected chi connectivity index (χ2v) is 5.22. The van der Waals surface area contributed by atoms with Gasteiger partial charge in [0.25, 0.3) is 0 Å². The zero-order valence-corrected chi connectivity index (χ0v) is 11.6. The molecule has 2 rings (SSSR count). The van der Waals surface area contributed by atoms with E-state index in [1.807, 2.05) is 62.4 Å². The van der Waals surface area contributed by atoms with Crippen molar-refractivity contribution in [2.45, 2.75) is 26.3 Å². The first kappa shape index (κ1) is 13.5. The van der Waals surface area contributed by atoms with Crippen LogP contribution >= 0.6 is 0 Å². The molecule has 0 fully saturated rings. The van der Waals surface area contributed by atoms with E-state index in [4.69, 9.17) is 5.73 Å². The molecule has 2 aromatic rings. The Morgan fingerprint density at radius 1 is 1.05 bits per heavy atom. The Morgan fingerprint density at radius 2 is 1.68 bits per heavy atom. The lowest BCUT2D eigenvalue weighted by molar-refractivity contribution is 0.0899. The average Bonchev–Trinajstić information content (AvgIpc) is 2.41. The summed E-state index contributed by atoms with van der Waals surface area (Å²) in [5, 5.41) is 0. The Morgan fingerprint density at radius 3 is 2.32 bits per heavy atom. The highest BCUT2D eigenvalue weighted by Crippen LogP contribution is 2.24. The Hall–Kier alpha value is -1.93. The van der Waals surface area contributed by atoms with Crippen LogP contribution in [0.3, 0.4) is 0 Å². The lowest BCUT2D eigenvalue weighted by Crippen LogP contribution is -2.42. The highest BCUT2D eigenvalue weighted by molar-refractivity contribution is 6.04. The van der Waals surface area contributed by atoms with Crippen molar-refractivity contribution in [3.8, 4) is 0 Å². The van der Waals surface area contributed by atoms with Crippen LogP contribution in [0, 0.1) is 13.8 Å². The van der Waals surface area contributed by atoms with Crippen LogP contribution in [0.4, 0.5) is 0 Å². The van der Waals surface area contributed by atoms with Gasteiger partial charge in [0.2, 0.25) is 0 Å². The van der Waals surface area contributed by atoms with Crippen molar-refractivity contribution in [3.63, 3.8) is 0 Å². The number of aryl methyl sites for hydroxylation is 2. The lowest BCUT2D eigenvalue weighted by atomic mass is 9.83. The highest BCUT2D eigenvalue weighted by atomic mass is 16.1. The van der Waals surface area contributed by atoms with Crippen LogP contribution in [0.15, 0.2) is 48.5 Å². The molecule has 0 heterocycles. The summed E-state index contributed by atoms with van der Waals surface area (Å²) in [6, 6.07) is 15.4. The van der Waals surface area contributed by atoms with Crippen LogP contribution in [0.1, 0.15) is 34.0 Å². The van der Waals surface area contributed by atoms with Crippen molar-refractivity contribution in [3.05, 3.63) is 70.8 Å². The van der Waals surface area contributed by atoms with Crippen molar-refractivity contribution in [1.82, 2.24) is 0 Å². The van der Waals surface area contributed by atoms with Gasteiger partial charge in [-0.1, -0.05) is 48.0 Å². The minimum atomic E-state index is -1.00. The van der Waals surface area contributed by atoms with E-state index < -0.39 is 5.54 Å². The number of hydrogen-bond acceptors (Lipinski definition) is 2. The molecule has 0 saturated carbocycles. The van der Waals surface area contributed by atoms with Crippen molar-refractivity contribution in [2.75, 3.05) is 0 Å². The zero-order chi connectivity index (χ0) is 14.0. The summed E-state index contributed by atoms with van der Waals surface area (Å²) >= 11 is 0. The summed E-state index contributed by atoms with van der Waals surface area (Å²) in [5.74, 6) is -0.0418. The predicted octanol–water partition coefficient (Wildman–Crippen LogP) is 3.36. The lowest BCUT2D eigenvalue weighted by Gasteiger charge is -2.24. The zero-order valence-electron chi connectivity index (χ0n) is 11.6. The van der Waals surface area contributed by atoms with E-state index in [-0.39, 0.29) is 5.78 Å². The second kappa shape index (κ2) is 4.98. The van der Waals surface area contributed by atoms with E-state index in [9.17, 15) is 4.79 Å². The highest BCUT2D eigenvalue weighted by Gasteiger charge is 2.31. The van der Waals surface area contributed by atoms with Crippen LogP contribution in [-0.2, 0) is 5.54 Å². The number of benzene rings is 2. The Bertz CT molecular complexity index is 600. The molecular weight excluding hydrogens is 234 g/mol. The van der Waals surface area contributed by atoms with Crippen LogP contribution in [-0.4, -0.2) is 5.78 Å². The maximum Gasteiger partial charge on any atom is 0.187 e. The molecule has 0 aliphatic rings. The maximum absolute atomic E-state index is 12.7. The minimum Gasteiger partial charge on any atom is -0.315 e. The number of nitrogens with two attached hydrogens (primary N) is 1. The van der Waals surface area contributed by atoms with Gasteiger partial charge in [0, 0.05) is 5.56 Å². The van der Waals surface area contributed by atoms with E-state index >= 15 is 0 Å². The molecule has 2 N–H and O–H groups in total. The second-order valence-electron chi connectivity index (χ2n) is 5.22. The Kier molecular flexibility index (Phi) is 3.54. The van der Waals surface area contributed by atoms with E-state index in [1.54, 1.807) is 6.92 Å². The summed E-state index contributed by atoms with van der Waals surface area (Å²) in [6.45, 7) is 5.69. The topological polar surface area (TPSA) is 43.1 Å². The smallest absolute Gasteiger partial charge is 0.187 e. The van der Waals surface area contributed by atoms with Gasteiger partial charge in [0.05, 0.1) is 0 Å². The molecule has 1 unspecified atom stereocenters. The first-order valence-corrected chi connectivity index (χ1v) is 6.39. The first-order chi connectivity index (χ1) is 8.93. The summed E-state index contributed by atoms with van der Waals surface area (Å²) < 4.78 is 0. The molecule has 0 amide bonds. The molecule has 19 heavy (non-hydrogen) atoms. The van der Waals surface area contributed by atoms with Crippen molar-refractivity contribution < 1.29 is 4.79 Å². The maximum atomic E-state index is 12.7. The van der Waals surface area contributed by atoms with Gasteiger partial charge < -0.3 is 5.73 Å². The van der Waals surface area contributed by atoms with Crippen molar-refractivity contribution >= 4 is 5.78 Å². The number of carbonyl (C=O) groups is 1. The average molecular weight is 253 g/mol. The van der Waals surface area contributed by atoms with E-state index in [1.165, 1.54) is 0 Å².